The van der Waals surface area contributed by atoms with Crippen LogP contribution in [0.25, 0.3) is 0 Å². The highest BCUT2D eigenvalue weighted by molar-refractivity contribution is 5.93. The number of anilines is 2. The molecule has 2 heterocycles. The average molecular weight is 270 g/mol. The third-order valence-electron chi connectivity index (χ3n) is 3.62. The Morgan fingerprint density at radius 3 is 2.40 bits per heavy atom. The van der Waals surface area contributed by atoms with E-state index in [2.05, 4.69) is 22.0 Å². The third kappa shape index (κ3) is 2.47. The highest BCUT2D eigenvalue weighted by Crippen LogP contribution is 2.17. The molecule has 5 heteroatoms. The van der Waals surface area contributed by atoms with Gasteiger partial charge in [-0.1, -0.05) is 18.2 Å². The molecule has 0 aliphatic carbocycles. The maximum absolute atomic E-state index is 12.3. The Hall–Kier alpha value is -2.43. The van der Waals surface area contributed by atoms with E-state index in [1.54, 1.807) is 12.3 Å². The van der Waals surface area contributed by atoms with Crippen LogP contribution in [0, 0.1) is 0 Å². The predicted molar refractivity (Wildman–Crippen MR) is 79.8 cm³/mol. The molecular formula is C15H18N4O. The smallest absolute Gasteiger partial charge is 0.270 e. The predicted octanol–water partition coefficient (Wildman–Crippen LogP) is 1.56. The molecule has 3 rings (SSSR count). The molecule has 2 aromatic rings. The van der Waals surface area contributed by atoms with Crippen LogP contribution in [-0.4, -0.2) is 42.0 Å². The molecule has 1 aliphatic heterocycles. The van der Waals surface area contributed by atoms with Crippen molar-refractivity contribution in [3.8, 4) is 0 Å². The maximum Gasteiger partial charge on any atom is 0.270 e. The van der Waals surface area contributed by atoms with E-state index in [9.17, 15) is 4.79 Å². The van der Waals surface area contributed by atoms with Crippen molar-refractivity contribution in [2.24, 2.45) is 0 Å². The van der Waals surface area contributed by atoms with Crippen LogP contribution in [0.1, 0.15) is 10.5 Å². The standard InChI is InChI=1S/C15H18N4O/c16-12-10-14(17-11-12)15(20)19-8-6-18(7-9-19)13-4-2-1-3-5-13/h1-5,10-11,17H,6-9,16H2. The number of nitrogens with one attached hydrogen (secondary N) is 1. The van der Waals surface area contributed by atoms with Crippen molar-refractivity contribution in [3.63, 3.8) is 0 Å². The van der Waals surface area contributed by atoms with Crippen molar-refractivity contribution in [1.29, 1.82) is 0 Å². The first kappa shape index (κ1) is 12.6. The number of amides is 1. The Labute approximate surface area is 118 Å². The lowest BCUT2D eigenvalue weighted by molar-refractivity contribution is 0.0741. The van der Waals surface area contributed by atoms with E-state index in [1.165, 1.54) is 5.69 Å². The van der Waals surface area contributed by atoms with Gasteiger partial charge in [0.15, 0.2) is 0 Å². The summed E-state index contributed by atoms with van der Waals surface area (Å²) in [5.74, 6) is 0.0226. The van der Waals surface area contributed by atoms with Crippen molar-refractivity contribution < 1.29 is 4.79 Å². The second-order valence-corrected chi connectivity index (χ2v) is 4.96. The van der Waals surface area contributed by atoms with Gasteiger partial charge in [-0.2, -0.15) is 0 Å². The minimum atomic E-state index is 0.0226. The number of nitrogen functional groups attached to an aromatic ring is 1. The van der Waals surface area contributed by atoms with Gasteiger partial charge >= 0.3 is 0 Å². The Morgan fingerprint density at radius 1 is 1.10 bits per heavy atom. The largest absolute Gasteiger partial charge is 0.397 e. The van der Waals surface area contributed by atoms with Crippen molar-refractivity contribution >= 4 is 17.3 Å². The zero-order valence-corrected chi connectivity index (χ0v) is 11.2. The Morgan fingerprint density at radius 2 is 1.80 bits per heavy atom. The van der Waals surface area contributed by atoms with E-state index in [4.69, 9.17) is 5.73 Å². The molecule has 0 bridgehead atoms. The van der Waals surface area contributed by atoms with Gasteiger partial charge in [-0.05, 0) is 18.2 Å². The fourth-order valence-electron chi connectivity index (χ4n) is 2.51. The molecular weight excluding hydrogens is 252 g/mol. The van der Waals surface area contributed by atoms with Crippen molar-refractivity contribution in [3.05, 3.63) is 48.3 Å². The molecule has 1 amide bonds. The van der Waals surface area contributed by atoms with Gasteiger partial charge in [0.2, 0.25) is 0 Å². The SMILES string of the molecule is Nc1c[nH]c(C(=O)N2CCN(c3ccccc3)CC2)c1. The number of hydrogen-bond donors (Lipinski definition) is 2. The second-order valence-electron chi connectivity index (χ2n) is 4.96. The highest BCUT2D eigenvalue weighted by Gasteiger charge is 2.22. The fourth-order valence-corrected chi connectivity index (χ4v) is 2.51. The Kier molecular flexibility index (Phi) is 3.33. The Bertz CT molecular complexity index is 585. The van der Waals surface area contributed by atoms with Crippen LogP contribution >= 0.6 is 0 Å². The molecule has 1 aromatic carbocycles. The van der Waals surface area contributed by atoms with E-state index in [0.29, 0.717) is 11.4 Å². The summed E-state index contributed by atoms with van der Waals surface area (Å²) in [5, 5.41) is 0. The maximum atomic E-state index is 12.3. The van der Waals surface area contributed by atoms with Crippen LogP contribution in [0.15, 0.2) is 42.6 Å². The molecule has 0 spiro atoms. The van der Waals surface area contributed by atoms with Crippen molar-refractivity contribution in [2.75, 3.05) is 36.8 Å². The summed E-state index contributed by atoms with van der Waals surface area (Å²) in [6.45, 7) is 3.16. The average Bonchev–Trinajstić information content (AvgIpc) is 2.94. The number of benzene rings is 1. The minimum absolute atomic E-state index is 0.0226. The van der Waals surface area contributed by atoms with Crippen LogP contribution in [0.3, 0.4) is 0 Å². The van der Waals surface area contributed by atoms with E-state index in [1.807, 2.05) is 23.1 Å². The topological polar surface area (TPSA) is 65.4 Å². The van der Waals surface area contributed by atoms with E-state index >= 15 is 0 Å². The second kappa shape index (κ2) is 5.28. The normalized spacial score (nSPS) is 15.4. The van der Waals surface area contributed by atoms with E-state index in [0.717, 1.165) is 26.2 Å². The molecule has 0 radical (unpaired) electrons. The number of nitrogens with two attached hydrogens (primary N) is 1. The van der Waals surface area contributed by atoms with E-state index in [-0.39, 0.29) is 5.91 Å². The Balaban J connectivity index is 1.63. The van der Waals surface area contributed by atoms with E-state index < -0.39 is 0 Å². The molecule has 1 aromatic heterocycles. The first-order valence-electron chi connectivity index (χ1n) is 6.77. The monoisotopic (exact) mass is 270 g/mol. The number of hydrogen-bond acceptors (Lipinski definition) is 3. The number of aromatic amines is 1. The molecule has 104 valence electrons. The van der Waals surface area contributed by atoms with Crippen LogP contribution < -0.4 is 10.6 Å². The summed E-state index contributed by atoms with van der Waals surface area (Å²) in [4.78, 5) is 19.4. The molecule has 3 N–H and O–H groups in total. The van der Waals surface area contributed by atoms with Gasteiger partial charge in [-0.25, -0.2) is 0 Å². The summed E-state index contributed by atoms with van der Waals surface area (Å²) >= 11 is 0. The van der Waals surface area contributed by atoms with Crippen LogP contribution in [0.4, 0.5) is 11.4 Å². The molecule has 1 aliphatic rings. The lowest BCUT2D eigenvalue weighted by Crippen LogP contribution is -2.48. The molecule has 0 saturated carbocycles. The van der Waals surface area contributed by atoms with Gasteiger partial charge < -0.3 is 20.5 Å². The lowest BCUT2D eigenvalue weighted by Gasteiger charge is -2.35. The van der Waals surface area contributed by atoms with Gasteiger partial charge in [0, 0.05) is 43.8 Å². The molecule has 20 heavy (non-hydrogen) atoms. The highest BCUT2D eigenvalue weighted by atomic mass is 16.2. The van der Waals surface area contributed by atoms with Gasteiger partial charge in [-0.15, -0.1) is 0 Å². The number of piperazine rings is 1. The molecule has 0 unspecified atom stereocenters. The van der Waals surface area contributed by atoms with Gasteiger partial charge in [-0.3, -0.25) is 4.79 Å². The number of H-pyrrole nitrogens is 1. The van der Waals surface area contributed by atoms with Crippen LogP contribution in [0.2, 0.25) is 0 Å². The van der Waals surface area contributed by atoms with Gasteiger partial charge in [0.1, 0.15) is 5.69 Å². The number of para-hydroxylation sites is 1. The quantitative estimate of drug-likeness (QED) is 0.870. The van der Waals surface area contributed by atoms with Gasteiger partial charge in [0.25, 0.3) is 5.91 Å². The fraction of sp³-hybridized carbons (Fsp3) is 0.267. The molecule has 0 atom stereocenters. The number of carbonyl (C=O) groups is 1. The van der Waals surface area contributed by atoms with Crippen molar-refractivity contribution in [1.82, 2.24) is 9.88 Å². The number of nitrogens with zero attached hydrogens (tertiary/aromatic N) is 2. The molecule has 1 fully saturated rings. The molecule has 1 saturated heterocycles. The summed E-state index contributed by atoms with van der Waals surface area (Å²) in [5.41, 5.74) is 8.00. The number of aromatic nitrogens is 1. The molecule has 5 nitrogen and oxygen atoms in total. The number of carbonyl (C=O) groups excluding carboxylic acids is 1. The summed E-state index contributed by atoms with van der Waals surface area (Å²) in [6.07, 6.45) is 1.65. The summed E-state index contributed by atoms with van der Waals surface area (Å²) in [7, 11) is 0. The third-order valence-corrected chi connectivity index (χ3v) is 3.62. The van der Waals surface area contributed by atoms with Crippen LogP contribution in [0.5, 0.6) is 0 Å². The zero-order chi connectivity index (χ0) is 13.9. The summed E-state index contributed by atoms with van der Waals surface area (Å²) in [6, 6.07) is 12.0. The van der Waals surface area contributed by atoms with Crippen LogP contribution in [-0.2, 0) is 0 Å². The first-order chi connectivity index (χ1) is 9.74. The first-order valence-corrected chi connectivity index (χ1v) is 6.77. The minimum Gasteiger partial charge on any atom is -0.397 e. The lowest BCUT2D eigenvalue weighted by atomic mass is 10.2. The number of rotatable bonds is 2. The zero-order valence-electron chi connectivity index (χ0n) is 11.2. The van der Waals surface area contributed by atoms with Gasteiger partial charge in [0.05, 0.1) is 0 Å². The summed E-state index contributed by atoms with van der Waals surface area (Å²) < 4.78 is 0. The van der Waals surface area contributed by atoms with Crippen molar-refractivity contribution in [2.45, 2.75) is 0 Å².